The number of aliphatic imine (C=N–C) groups is 1. The van der Waals surface area contributed by atoms with Crippen LogP contribution in [0.25, 0.3) is 0 Å². The van der Waals surface area contributed by atoms with Gasteiger partial charge in [0, 0.05) is 55.1 Å². The number of phenolic OH excluding ortho intramolecular Hbond substituents is 1. The molecule has 1 aliphatic rings. The Morgan fingerprint density at radius 1 is 1.06 bits per heavy atom. The molecule has 168 valence electrons. The van der Waals surface area contributed by atoms with Gasteiger partial charge in [-0.15, -0.1) is 0 Å². The summed E-state index contributed by atoms with van der Waals surface area (Å²) in [6.07, 6.45) is 0.981. The molecular formula is C23H32N4O4. The molecule has 8 heteroatoms. The van der Waals surface area contributed by atoms with Gasteiger partial charge in [0.15, 0.2) is 5.96 Å². The highest BCUT2D eigenvalue weighted by molar-refractivity contribution is 5.80. The first-order valence-corrected chi connectivity index (χ1v) is 10.4. The van der Waals surface area contributed by atoms with Crippen molar-refractivity contribution < 1.29 is 19.3 Å². The third kappa shape index (κ3) is 5.87. The lowest BCUT2D eigenvalue weighted by molar-refractivity contribution is 0.394. The Hall–Kier alpha value is -3.29. The van der Waals surface area contributed by atoms with Crippen LogP contribution in [0, 0.1) is 0 Å². The van der Waals surface area contributed by atoms with Crippen molar-refractivity contribution in [3.63, 3.8) is 0 Å². The normalized spacial score (nSPS) is 16.2. The van der Waals surface area contributed by atoms with Crippen LogP contribution >= 0.6 is 0 Å². The molecule has 0 radical (unpaired) electrons. The van der Waals surface area contributed by atoms with Crippen molar-refractivity contribution in [1.29, 1.82) is 0 Å². The van der Waals surface area contributed by atoms with E-state index in [9.17, 15) is 5.11 Å². The van der Waals surface area contributed by atoms with Gasteiger partial charge in [0.05, 0.1) is 27.9 Å². The first kappa shape index (κ1) is 22.4. The minimum absolute atomic E-state index is 0.208. The van der Waals surface area contributed by atoms with Crippen LogP contribution in [0.4, 0.5) is 5.69 Å². The molecular weight excluding hydrogens is 396 g/mol. The second-order valence-electron chi connectivity index (χ2n) is 7.34. The highest BCUT2D eigenvalue weighted by Crippen LogP contribution is 2.30. The summed E-state index contributed by atoms with van der Waals surface area (Å²) in [5.41, 5.74) is 1.79. The standard InChI is InChI=1S/C23H32N4O4/c1-5-24-23(25-14-16-10-19(29-2)6-7-22(16)28)26-17-8-9-27(15-17)18-11-20(30-3)13-21(12-18)31-4/h6-7,10-13,17,28H,5,8-9,14-15H2,1-4H3,(H2,24,25,26). The molecule has 1 unspecified atom stereocenters. The first-order chi connectivity index (χ1) is 15.1. The highest BCUT2D eigenvalue weighted by Gasteiger charge is 2.24. The molecule has 1 fully saturated rings. The van der Waals surface area contributed by atoms with E-state index < -0.39 is 0 Å². The molecule has 0 aromatic heterocycles. The molecule has 1 atom stereocenters. The summed E-state index contributed by atoms with van der Waals surface area (Å²) in [4.78, 5) is 6.96. The topological polar surface area (TPSA) is 87.6 Å². The summed E-state index contributed by atoms with van der Waals surface area (Å²) in [5, 5.41) is 16.9. The Balaban J connectivity index is 1.67. The van der Waals surface area contributed by atoms with Crippen molar-refractivity contribution in [1.82, 2.24) is 10.6 Å². The van der Waals surface area contributed by atoms with Gasteiger partial charge in [-0.05, 0) is 31.5 Å². The van der Waals surface area contributed by atoms with E-state index in [4.69, 9.17) is 14.2 Å². The van der Waals surface area contributed by atoms with Crippen LogP contribution in [0.2, 0.25) is 0 Å². The molecule has 0 spiro atoms. The zero-order valence-electron chi connectivity index (χ0n) is 18.6. The largest absolute Gasteiger partial charge is 0.508 e. The number of rotatable bonds is 8. The van der Waals surface area contributed by atoms with Gasteiger partial charge >= 0.3 is 0 Å². The molecule has 0 bridgehead atoms. The van der Waals surface area contributed by atoms with E-state index in [2.05, 4.69) is 20.5 Å². The monoisotopic (exact) mass is 428 g/mol. The maximum absolute atomic E-state index is 10.1. The third-order valence-electron chi connectivity index (χ3n) is 5.27. The molecule has 3 N–H and O–H groups in total. The number of nitrogens with zero attached hydrogens (tertiary/aromatic N) is 2. The van der Waals surface area contributed by atoms with Gasteiger partial charge in [0.25, 0.3) is 0 Å². The molecule has 8 nitrogen and oxygen atoms in total. The van der Waals surface area contributed by atoms with Gasteiger partial charge in [-0.1, -0.05) is 0 Å². The minimum Gasteiger partial charge on any atom is -0.508 e. The van der Waals surface area contributed by atoms with E-state index in [-0.39, 0.29) is 11.8 Å². The zero-order chi connectivity index (χ0) is 22.2. The van der Waals surface area contributed by atoms with Crippen molar-refractivity contribution in [3.8, 4) is 23.0 Å². The lowest BCUT2D eigenvalue weighted by Crippen LogP contribution is -2.44. The van der Waals surface area contributed by atoms with E-state index in [1.54, 1.807) is 39.5 Å². The number of guanidine groups is 1. The number of hydrogen-bond donors (Lipinski definition) is 3. The Morgan fingerprint density at radius 2 is 1.77 bits per heavy atom. The summed E-state index contributed by atoms with van der Waals surface area (Å²) in [7, 11) is 4.92. The lowest BCUT2D eigenvalue weighted by Gasteiger charge is -2.21. The molecule has 0 saturated carbocycles. The quantitative estimate of drug-likeness (QED) is 0.440. The number of phenols is 1. The fourth-order valence-corrected chi connectivity index (χ4v) is 3.58. The highest BCUT2D eigenvalue weighted by atomic mass is 16.5. The average molecular weight is 429 g/mol. The number of benzene rings is 2. The molecule has 0 aliphatic carbocycles. The van der Waals surface area contributed by atoms with E-state index in [1.165, 1.54) is 0 Å². The maximum Gasteiger partial charge on any atom is 0.191 e. The molecule has 31 heavy (non-hydrogen) atoms. The van der Waals surface area contributed by atoms with E-state index in [0.717, 1.165) is 49.2 Å². The molecule has 1 heterocycles. The maximum atomic E-state index is 10.1. The van der Waals surface area contributed by atoms with E-state index in [0.29, 0.717) is 17.9 Å². The number of ether oxygens (including phenoxy) is 3. The Morgan fingerprint density at radius 3 is 2.42 bits per heavy atom. The predicted molar refractivity (Wildman–Crippen MR) is 123 cm³/mol. The Kier molecular flexibility index (Phi) is 7.70. The van der Waals surface area contributed by atoms with Gasteiger partial charge in [-0.3, -0.25) is 0 Å². The van der Waals surface area contributed by atoms with Crippen molar-refractivity contribution in [2.45, 2.75) is 25.9 Å². The van der Waals surface area contributed by atoms with Crippen LogP contribution in [-0.2, 0) is 6.54 Å². The first-order valence-electron chi connectivity index (χ1n) is 10.4. The van der Waals surface area contributed by atoms with Crippen LogP contribution in [-0.4, -0.2) is 58.1 Å². The molecule has 1 saturated heterocycles. The summed E-state index contributed by atoms with van der Waals surface area (Å²) in [6.45, 7) is 4.89. The van der Waals surface area contributed by atoms with Crippen molar-refractivity contribution in [2.24, 2.45) is 4.99 Å². The summed E-state index contributed by atoms with van der Waals surface area (Å²) in [6, 6.07) is 11.3. The fourth-order valence-electron chi connectivity index (χ4n) is 3.58. The lowest BCUT2D eigenvalue weighted by atomic mass is 10.2. The van der Waals surface area contributed by atoms with Crippen molar-refractivity contribution in [3.05, 3.63) is 42.0 Å². The molecule has 3 rings (SSSR count). The van der Waals surface area contributed by atoms with Crippen molar-refractivity contribution >= 4 is 11.6 Å². The second-order valence-corrected chi connectivity index (χ2v) is 7.34. The third-order valence-corrected chi connectivity index (χ3v) is 5.27. The molecule has 2 aromatic rings. The van der Waals surface area contributed by atoms with Crippen LogP contribution in [0.5, 0.6) is 23.0 Å². The summed E-state index contributed by atoms with van der Waals surface area (Å²) >= 11 is 0. The number of methoxy groups -OCH3 is 3. The number of aromatic hydroxyl groups is 1. The molecule has 2 aromatic carbocycles. The van der Waals surface area contributed by atoms with Gasteiger partial charge in [-0.2, -0.15) is 0 Å². The van der Waals surface area contributed by atoms with Crippen LogP contribution < -0.4 is 29.7 Å². The number of anilines is 1. The van der Waals surface area contributed by atoms with Gasteiger partial charge in [0.2, 0.25) is 0 Å². The smallest absolute Gasteiger partial charge is 0.191 e. The van der Waals surface area contributed by atoms with E-state index in [1.807, 2.05) is 25.1 Å². The minimum atomic E-state index is 0.208. The molecule has 1 aliphatic heterocycles. The number of hydrogen-bond acceptors (Lipinski definition) is 6. The Labute approximate surface area is 183 Å². The Bertz CT molecular complexity index is 881. The van der Waals surface area contributed by atoms with Crippen LogP contribution in [0.15, 0.2) is 41.4 Å². The SMILES string of the molecule is CCNC(=NCc1cc(OC)ccc1O)NC1CCN(c2cc(OC)cc(OC)c2)C1. The predicted octanol–water partition coefficient (Wildman–Crippen LogP) is 2.75. The van der Waals surface area contributed by atoms with Crippen LogP contribution in [0.3, 0.4) is 0 Å². The van der Waals surface area contributed by atoms with Crippen molar-refractivity contribution in [2.75, 3.05) is 45.9 Å². The van der Waals surface area contributed by atoms with Gasteiger partial charge < -0.3 is 34.9 Å². The summed E-state index contributed by atoms with van der Waals surface area (Å²) in [5.74, 6) is 3.18. The number of nitrogens with one attached hydrogen (secondary N) is 2. The fraction of sp³-hybridized carbons (Fsp3) is 0.435. The zero-order valence-corrected chi connectivity index (χ0v) is 18.6. The van der Waals surface area contributed by atoms with Gasteiger partial charge in [0.1, 0.15) is 23.0 Å². The van der Waals surface area contributed by atoms with Crippen LogP contribution in [0.1, 0.15) is 18.9 Å². The summed E-state index contributed by atoms with van der Waals surface area (Å²) < 4.78 is 16.0. The molecule has 0 amide bonds. The van der Waals surface area contributed by atoms with E-state index >= 15 is 0 Å². The average Bonchev–Trinajstić information content (AvgIpc) is 3.26. The van der Waals surface area contributed by atoms with Gasteiger partial charge in [-0.25, -0.2) is 4.99 Å². The second kappa shape index (κ2) is 10.7.